The Balaban J connectivity index is 1.46. The molecule has 0 bridgehead atoms. The number of nitrogens with zero attached hydrogens (tertiary/aromatic N) is 1. The molecule has 0 atom stereocenters. The third-order valence-corrected chi connectivity index (χ3v) is 3.99. The molecule has 138 valence electrons. The Morgan fingerprint density at radius 2 is 1.89 bits per heavy atom. The smallest absolute Gasteiger partial charge is 0.259 e. The summed E-state index contributed by atoms with van der Waals surface area (Å²) in [6.07, 6.45) is 3.56. The zero-order valence-corrected chi connectivity index (χ0v) is 15.7. The van der Waals surface area contributed by atoms with Crippen molar-refractivity contribution in [2.24, 2.45) is 5.10 Å². The number of halogens is 1. The fourth-order valence-corrected chi connectivity index (χ4v) is 2.44. The maximum Gasteiger partial charge on any atom is 0.259 e. The first-order valence-corrected chi connectivity index (χ1v) is 8.84. The monoisotopic (exact) mass is 429 g/mol. The third kappa shape index (κ3) is 5.42. The first-order valence-electron chi connectivity index (χ1n) is 8.05. The van der Waals surface area contributed by atoms with E-state index >= 15 is 0 Å². The SMILES string of the molecule is O=C(CNC(=O)c1ccc2c(c1)OCO2)N/N=C(Br)/C=C/c1ccccc1. The molecular weight excluding hydrogens is 414 g/mol. The van der Waals surface area contributed by atoms with Crippen LogP contribution in [0.4, 0.5) is 0 Å². The second-order valence-electron chi connectivity index (χ2n) is 5.46. The molecule has 0 saturated heterocycles. The first kappa shape index (κ1) is 18.7. The van der Waals surface area contributed by atoms with Gasteiger partial charge < -0.3 is 14.8 Å². The predicted molar refractivity (Wildman–Crippen MR) is 105 cm³/mol. The lowest BCUT2D eigenvalue weighted by Gasteiger charge is -2.05. The fourth-order valence-electron chi connectivity index (χ4n) is 2.22. The molecule has 0 unspecified atom stereocenters. The van der Waals surface area contributed by atoms with Gasteiger partial charge in [-0.15, -0.1) is 0 Å². The van der Waals surface area contributed by atoms with Crippen LogP contribution in [0.2, 0.25) is 0 Å². The minimum atomic E-state index is -0.450. The van der Waals surface area contributed by atoms with Crippen LogP contribution < -0.4 is 20.2 Å². The summed E-state index contributed by atoms with van der Waals surface area (Å²) in [6.45, 7) is -0.0755. The molecule has 7 nitrogen and oxygen atoms in total. The molecule has 2 N–H and O–H groups in total. The average Bonchev–Trinajstić information content (AvgIpc) is 3.17. The quantitative estimate of drug-likeness (QED) is 0.545. The van der Waals surface area contributed by atoms with Gasteiger partial charge in [-0.05, 0) is 45.8 Å². The number of allylic oxidation sites excluding steroid dienone is 1. The lowest BCUT2D eigenvalue weighted by atomic mass is 10.2. The van der Waals surface area contributed by atoms with Crippen LogP contribution in [0.1, 0.15) is 15.9 Å². The van der Waals surface area contributed by atoms with Gasteiger partial charge in [-0.25, -0.2) is 5.43 Å². The zero-order chi connectivity index (χ0) is 19.1. The molecule has 0 saturated carbocycles. The van der Waals surface area contributed by atoms with Crippen LogP contribution in [0.15, 0.2) is 59.7 Å². The van der Waals surface area contributed by atoms with Gasteiger partial charge in [-0.3, -0.25) is 9.59 Å². The van der Waals surface area contributed by atoms with E-state index in [1.165, 1.54) is 0 Å². The molecule has 0 radical (unpaired) electrons. The Morgan fingerprint density at radius 3 is 2.70 bits per heavy atom. The van der Waals surface area contributed by atoms with Crippen molar-refractivity contribution in [2.45, 2.75) is 0 Å². The van der Waals surface area contributed by atoms with Gasteiger partial charge in [-0.1, -0.05) is 36.4 Å². The summed E-state index contributed by atoms with van der Waals surface area (Å²) < 4.78 is 10.9. The highest BCUT2D eigenvalue weighted by atomic mass is 79.9. The van der Waals surface area contributed by atoms with Gasteiger partial charge in [0.25, 0.3) is 11.8 Å². The fraction of sp³-hybridized carbons (Fsp3) is 0.105. The maximum absolute atomic E-state index is 12.1. The predicted octanol–water partition coefficient (Wildman–Crippen LogP) is 2.68. The molecule has 2 aromatic carbocycles. The number of carbonyl (C=O) groups excluding carboxylic acids is 2. The van der Waals surface area contributed by atoms with E-state index in [4.69, 9.17) is 9.47 Å². The van der Waals surface area contributed by atoms with Crippen LogP contribution in [-0.2, 0) is 4.79 Å². The number of rotatable bonds is 6. The molecule has 3 rings (SSSR count). The number of hydrogen-bond donors (Lipinski definition) is 2. The Morgan fingerprint density at radius 1 is 1.11 bits per heavy atom. The van der Waals surface area contributed by atoms with E-state index in [1.807, 2.05) is 36.4 Å². The van der Waals surface area contributed by atoms with Gasteiger partial charge >= 0.3 is 0 Å². The Kier molecular flexibility index (Phi) is 6.22. The number of hydrazone groups is 1. The molecule has 1 heterocycles. The summed E-state index contributed by atoms with van der Waals surface area (Å²) in [4.78, 5) is 23.9. The van der Waals surface area contributed by atoms with Crippen LogP contribution in [0.3, 0.4) is 0 Å². The molecule has 1 aliphatic rings. The highest BCUT2D eigenvalue weighted by Crippen LogP contribution is 2.32. The molecule has 0 fully saturated rings. The van der Waals surface area contributed by atoms with Gasteiger partial charge in [0.2, 0.25) is 6.79 Å². The zero-order valence-electron chi connectivity index (χ0n) is 14.1. The largest absolute Gasteiger partial charge is 0.454 e. The molecule has 0 spiro atoms. The number of nitrogens with one attached hydrogen (secondary N) is 2. The van der Waals surface area contributed by atoms with Crippen LogP contribution in [0.25, 0.3) is 6.08 Å². The molecule has 0 aliphatic carbocycles. The summed E-state index contributed by atoms with van der Waals surface area (Å²) in [6, 6.07) is 14.5. The van der Waals surface area contributed by atoms with E-state index in [1.54, 1.807) is 24.3 Å². The van der Waals surface area contributed by atoms with E-state index < -0.39 is 11.8 Å². The summed E-state index contributed by atoms with van der Waals surface area (Å²) in [5.74, 6) is 0.252. The number of ether oxygens (including phenoxy) is 2. The number of carbonyl (C=O) groups is 2. The van der Waals surface area contributed by atoms with E-state index in [0.717, 1.165) is 5.56 Å². The molecule has 1 aliphatic heterocycles. The molecule has 0 aromatic heterocycles. The van der Waals surface area contributed by atoms with Crippen molar-refractivity contribution in [3.05, 3.63) is 65.7 Å². The van der Waals surface area contributed by atoms with Crippen molar-refractivity contribution in [1.82, 2.24) is 10.7 Å². The third-order valence-electron chi connectivity index (χ3n) is 3.54. The van der Waals surface area contributed by atoms with Gasteiger partial charge in [-0.2, -0.15) is 5.10 Å². The number of amides is 2. The number of benzene rings is 2. The van der Waals surface area contributed by atoms with Crippen molar-refractivity contribution < 1.29 is 19.1 Å². The van der Waals surface area contributed by atoms with Crippen LogP contribution in [0.5, 0.6) is 11.5 Å². The lowest BCUT2D eigenvalue weighted by molar-refractivity contribution is -0.120. The highest BCUT2D eigenvalue weighted by molar-refractivity contribution is 9.18. The summed E-state index contributed by atoms with van der Waals surface area (Å²) >= 11 is 3.24. The Bertz CT molecular complexity index is 897. The highest BCUT2D eigenvalue weighted by Gasteiger charge is 2.16. The normalized spacial score (nSPS) is 12.9. The van der Waals surface area contributed by atoms with E-state index in [9.17, 15) is 9.59 Å². The molecular formula is C19H16BrN3O4. The van der Waals surface area contributed by atoms with Gasteiger partial charge in [0.05, 0.1) is 6.54 Å². The second-order valence-corrected chi connectivity index (χ2v) is 6.28. The van der Waals surface area contributed by atoms with Gasteiger partial charge in [0.15, 0.2) is 11.5 Å². The van der Waals surface area contributed by atoms with Crippen molar-refractivity contribution >= 4 is 38.4 Å². The first-order chi connectivity index (χ1) is 13.1. The Labute approximate surface area is 164 Å². The summed E-state index contributed by atoms with van der Waals surface area (Å²) in [5.41, 5.74) is 3.74. The van der Waals surface area contributed by atoms with Crippen molar-refractivity contribution in [1.29, 1.82) is 0 Å². The molecule has 27 heavy (non-hydrogen) atoms. The standard InChI is InChI=1S/C19H16BrN3O4/c20-17(9-6-13-4-2-1-3-5-13)22-23-18(24)11-21-19(25)14-7-8-15-16(10-14)27-12-26-15/h1-10H,11-12H2,(H,21,25)(H,23,24)/b9-6+,22-17-. The summed E-state index contributed by atoms with van der Waals surface area (Å²) in [7, 11) is 0. The average molecular weight is 430 g/mol. The minimum absolute atomic E-state index is 0.133. The Hall–Kier alpha value is -3.13. The van der Waals surface area contributed by atoms with Crippen LogP contribution in [-0.4, -0.2) is 29.8 Å². The molecule has 2 aromatic rings. The van der Waals surface area contributed by atoms with Crippen LogP contribution >= 0.6 is 15.9 Å². The number of fused-ring (bicyclic) bond motifs is 1. The van der Waals surface area contributed by atoms with E-state index in [0.29, 0.717) is 21.7 Å². The van der Waals surface area contributed by atoms with Gasteiger partial charge in [0, 0.05) is 5.56 Å². The lowest BCUT2D eigenvalue weighted by Crippen LogP contribution is -2.35. The van der Waals surface area contributed by atoms with Crippen LogP contribution in [0, 0.1) is 0 Å². The van der Waals surface area contributed by atoms with E-state index in [2.05, 4.69) is 31.8 Å². The van der Waals surface area contributed by atoms with Gasteiger partial charge in [0.1, 0.15) is 4.62 Å². The number of hydrogen-bond acceptors (Lipinski definition) is 5. The second kappa shape index (κ2) is 9.00. The molecule has 8 heteroatoms. The van der Waals surface area contributed by atoms with Crippen molar-refractivity contribution in [3.63, 3.8) is 0 Å². The van der Waals surface area contributed by atoms with Crippen molar-refractivity contribution in [2.75, 3.05) is 13.3 Å². The summed E-state index contributed by atoms with van der Waals surface area (Å²) in [5, 5.41) is 6.42. The topological polar surface area (TPSA) is 89.0 Å². The van der Waals surface area contributed by atoms with Crippen molar-refractivity contribution in [3.8, 4) is 11.5 Å². The minimum Gasteiger partial charge on any atom is -0.454 e. The maximum atomic E-state index is 12.1. The molecule has 2 amide bonds. The van der Waals surface area contributed by atoms with E-state index in [-0.39, 0.29) is 13.3 Å².